The number of thioether (sulfide) groups is 1. The predicted octanol–water partition coefficient (Wildman–Crippen LogP) is 1.09. The number of rotatable bonds is 9. The molecule has 5 heteroatoms. The van der Waals surface area contributed by atoms with Crippen molar-refractivity contribution in [2.75, 3.05) is 37.7 Å². The van der Waals surface area contributed by atoms with Gasteiger partial charge in [0.2, 0.25) is 5.91 Å². The van der Waals surface area contributed by atoms with Gasteiger partial charge in [0.1, 0.15) is 0 Å². The summed E-state index contributed by atoms with van der Waals surface area (Å²) < 4.78 is 0. The first-order chi connectivity index (χ1) is 8.79. The highest BCUT2D eigenvalue weighted by atomic mass is 32.2. The molecule has 0 saturated carbocycles. The SMILES string of the molecule is CCCNC1CCCN(CCSCCCO)C1=O. The minimum Gasteiger partial charge on any atom is -0.396 e. The lowest BCUT2D eigenvalue weighted by Crippen LogP contribution is -2.51. The van der Waals surface area contributed by atoms with Gasteiger partial charge in [0, 0.05) is 25.4 Å². The summed E-state index contributed by atoms with van der Waals surface area (Å²) in [6, 6.07) is 0.0427. The summed E-state index contributed by atoms with van der Waals surface area (Å²) in [7, 11) is 0. The summed E-state index contributed by atoms with van der Waals surface area (Å²) in [5.74, 6) is 2.24. The van der Waals surface area contributed by atoms with E-state index in [1.165, 1.54) is 0 Å². The number of carbonyl (C=O) groups is 1. The minimum atomic E-state index is 0.0427. The largest absolute Gasteiger partial charge is 0.396 e. The smallest absolute Gasteiger partial charge is 0.239 e. The van der Waals surface area contributed by atoms with Crippen LogP contribution in [0.4, 0.5) is 0 Å². The van der Waals surface area contributed by atoms with Crippen molar-refractivity contribution in [1.82, 2.24) is 10.2 Å². The summed E-state index contributed by atoms with van der Waals surface area (Å²) in [5, 5.41) is 12.0. The molecule has 1 aliphatic rings. The van der Waals surface area contributed by atoms with Gasteiger partial charge in [0.15, 0.2) is 0 Å². The minimum absolute atomic E-state index is 0.0427. The molecule has 1 atom stereocenters. The van der Waals surface area contributed by atoms with Crippen molar-refractivity contribution in [2.24, 2.45) is 0 Å². The number of hydrogen-bond acceptors (Lipinski definition) is 4. The van der Waals surface area contributed by atoms with Crippen LogP contribution in [0.15, 0.2) is 0 Å². The zero-order valence-electron chi connectivity index (χ0n) is 11.4. The lowest BCUT2D eigenvalue weighted by atomic mass is 10.0. The van der Waals surface area contributed by atoms with Crippen LogP contribution in [0.5, 0.6) is 0 Å². The van der Waals surface area contributed by atoms with Crippen LogP contribution in [0.25, 0.3) is 0 Å². The third-order valence-electron chi connectivity index (χ3n) is 3.12. The molecule has 1 fully saturated rings. The van der Waals surface area contributed by atoms with Crippen LogP contribution in [-0.2, 0) is 4.79 Å². The number of nitrogens with zero attached hydrogens (tertiary/aromatic N) is 1. The normalized spacial score (nSPS) is 20.4. The van der Waals surface area contributed by atoms with Gasteiger partial charge in [-0.15, -0.1) is 0 Å². The van der Waals surface area contributed by atoms with Gasteiger partial charge < -0.3 is 15.3 Å². The molecule has 0 spiro atoms. The van der Waals surface area contributed by atoms with E-state index in [4.69, 9.17) is 5.11 Å². The molecule has 0 aromatic heterocycles. The molecule has 4 nitrogen and oxygen atoms in total. The van der Waals surface area contributed by atoms with Crippen LogP contribution in [0.2, 0.25) is 0 Å². The van der Waals surface area contributed by atoms with E-state index < -0.39 is 0 Å². The van der Waals surface area contributed by atoms with Gasteiger partial charge in [-0.1, -0.05) is 6.92 Å². The maximum atomic E-state index is 12.2. The van der Waals surface area contributed by atoms with E-state index in [1.807, 2.05) is 16.7 Å². The molecular formula is C13H26N2O2S. The average molecular weight is 274 g/mol. The van der Waals surface area contributed by atoms with Gasteiger partial charge >= 0.3 is 0 Å². The third kappa shape index (κ3) is 5.59. The molecule has 1 rings (SSSR count). The maximum absolute atomic E-state index is 12.2. The quantitative estimate of drug-likeness (QED) is 0.618. The second kappa shape index (κ2) is 9.64. The van der Waals surface area contributed by atoms with Gasteiger partial charge in [-0.05, 0) is 38.0 Å². The highest BCUT2D eigenvalue weighted by Crippen LogP contribution is 2.13. The average Bonchev–Trinajstić information content (AvgIpc) is 2.39. The number of amides is 1. The number of carbonyl (C=O) groups excluding carboxylic acids is 1. The maximum Gasteiger partial charge on any atom is 0.239 e. The molecule has 106 valence electrons. The molecule has 0 aromatic rings. The van der Waals surface area contributed by atoms with Crippen LogP contribution in [0.1, 0.15) is 32.6 Å². The second-order valence-electron chi connectivity index (χ2n) is 4.66. The topological polar surface area (TPSA) is 52.6 Å². The lowest BCUT2D eigenvalue weighted by molar-refractivity contribution is -0.135. The zero-order valence-corrected chi connectivity index (χ0v) is 12.2. The first kappa shape index (κ1) is 15.8. The Balaban J connectivity index is 2.21. The van der Waals surface area contributed by atoms with Crippen LogP contribution < -0.4 is 5.32 Å². The van der Waals surface area contributed by atoms with Crippen molar-refractivity contribution in [3.05, 3.63) is 0 Å². The van der Waals surface area contributed by atoms with Gasteiger partial charge in [-0.25, -0.2) is 0 Å². The zero-order chi connectivity index (χ0) is 13.2. The van der Waals surface area contributed by atoms with Crippen molar-refractivity contribution < 1.29 is 9.90 Å². The van der Waals surface area contributed by atoms with Crippen molar-refractivity contribution in [3.63, 3.8) is 0 Å². The molecular weight excluding hydrogens is 248 g/mol. The summed E-state index contributed by atoms with van der Waals surface area (Å²) >= 11 is 1.82. The van der Waals surface area contributed by atoms with Crippen molar-refractivity contribution >= 4 is 17.7 Å². The fraction of sp³-hybridized carbons (Fsp3) is 0.923. The summed E-state index contributed by atoms with van der Waals surface area (Å²) in [5.41, 5.74) is 0. The Hall–Kier alpha value is -0.260. The number of hydrogen-bond donors (Lipinski definition) is 2. The Morgan fingerprint density at radius 2 is 2.33 bits per heavy atom. The second-order valence-corrected chi connectivity index (χ2v) is 5.89. The number of aliphatic hydroxyl groups is 1. The van der Waals surface area contributed by atoms with Crippen LogP contribution in [0, 0.1) is 0 Å². The Labute approximate surface area is 115 Å². The molecule has 18 heavy (non-hydrogen) atoms. The molecule has 1 heterocycles. The summed E-state index contributed by atoms with van der Waals surface area (Å²) in [6.45, 7) is 5.06. The van der Waals surface area contributed by atoms with E-state index in [1.54, 1.807) is 0 Å². The monoisotopic (exact) mass is 274 g/mol. The fourth-order valence-corrected chi connectivity index (χ4v) is 3.00. The molecule has 0 aliphatic carbocycles. The van der Waals surface area contributed by atoms with Crippen molar-refractivity contribution in [3.8, 4) is 0 Å². The first-order valence-corrected chi connectivity index (χ1v) is 8.15. The van der Waals surface area contributed by atoms with E-state index >= 15 is 0 Å². The van der Waals surface area contributed by atoms with Crippen molar-refractivity contribution in [1.29, 1.82) is 0 Å². The number of likely N-dealkylation sites (tertiary alicyclic amines) is 1. The molecule has 2 N–H and O–H groups in total. The third-order valence-corrected chi connectivity index (χ3v) is 4.17. The molecule has 0 radical (unpaired) electrons. The summed E-state index contributed by atoms with van der Waals surface area (Å²) in [6.07, 6.45) is 4.00. The van der Waals surface area contributed by atoms with Crippen LogP contribution >= 0.6 is 11.8 Å². The van der Waals surface area contributed by atoms with Crippen LogP contribution in [0.3, 0.4) is 0 Å². The lowest BCUT2D eigenvalue weighted by Gasteiger charge is -2.32. The van der Waals surface area contributed by atoms with E-state index in [0.29, 0.717) is 0 Å². The van der Waals surface area contributed by atoms with E-state index in [0.717, 1.165) is 56.8 Å². The molecule has 0 aromatic carbocycles. The van der Waals surface area contributed by atoms with Gasteiger partial charge in [-0.3, -0.25) is 4.79 Å². The predicted molar refractivity (Wildman–Crippen MR) is 76.9 cm³/mol. The highest BCUT2D eigenvalue weighted by molar-refractivity contribution is 7.99. The number of piperidine rings is 1. The Kier molecular flexibility index (Phi) is 8.46. The molecule has 1 saturated heterocycles. The number of nitrogens with one attached hydrogen (secondary N) is 1. The van der Waals surface area contributed by atoms with E-state index in [9.17, 15) is 4.79 Å². The summed E-state index contributed by atoms with van der Waals surface area (Å²) in [4.78, 5) is 14.2. The molecule has 1 amide bonds. The van der Waals surface area contributed by atoms with E-state index in [-0.39, 0.29) is 18.6 Å². The highest BCUT2D eigenvalue weighted by Gasteiger charge is 2.27. The fourth-order valence-electron chi connectivity index (χ4n) is 2.11. The Morgan fingerprint density at radius 1 is 1.50 bits per heavy atom. The number of aliphatic hydroxyl groups excluding tert-OH is 1. The standard InChI is InChI=1S/C13H26N2O2S/c1-2-6-14-12-5-3-7-15(13(12)17)8-11-18-10-4-9-16/h12,14,16H,2-11H2,1H3. The molecule has 0 bridgehead atoms. The van der Waals surface area contributed by atoms with Crippen LogP contribution in [-0.4, -0.2) is 59.7 Å². The Bertz CT molecular complexity index is 239. The molecule has 1 unspecified atom stereocenters. The Morgan fingerprint density at radius 3 is 3.06 bits per heavy atom. The molecule has 1 aliphatic heterocycles. The van der Waals surface area contributed by atoms with E-state index in [2.05, 4.69) is 12.2 Å². The van der Waals surface area contributed by atoms with Gasteiger partial charge in [0.25, 0.3) is 0 Å². The van der Waals surface area contributed by atoms with Gasteiger partial charge in [-0.2, -0.15) is 11.8 Å². The van der Waals surface area contributed by atoms with Gasteiger partial charge in [0.05, 0.1) is 6.04 Å². The first-order valence-electron chi connectivity index (χ1n) is 7.00. The van der Waals surface area contributed by atoms with Crippen molar-refractivity contribution in [2.45, 2.75) is 38.6 Å².